The molecule has 0 saturated carbocycles. The highest BCUT2D eigenvalue weighted by molar-refractivity contribution is 6.30. The maximum atomic E-state index is 12.6. The topological polar surface area (TPSA) is 87.9 Å². The summed E-state index contributed by atoms with van der Waals surface area (Å²) >= 11 is 6.17. The van der Waals surface area contributed by atoms with Crippen molar-refractivity contribution in [1.29, 1.82) is 0 Å². The van der Waals surface area contributed by atoms with E-state index in [1.165, 1.54) is 12.3 Å². The largest absolute Gasteiger partial charge is 0.496 e. The lowest BCUT2D eigenvalue weighted by Gasteiger charge is -2.39. The molecule has 8 nitrogen and oxygen atoms in total. The molecular formula is C21H25ClN4O4. The summed E-state index contributed by atoms with van der Waals surface area (Å²) in [4.78, 5) is 27.8. The van der Waals surface area contributed by atoms with Gasteiger partial charge in [0.05, 0.1) is 7.11 Å². The van der Waals surface area contributed by atoms with Crippen LogP contribution in [-0.2, 0) is 6.54 Å². The monoisotopic (exact) mass is 432 g/mol. The number of nitrogens with zero attached hydrogens (tertiary/aromatic N) is 4. The summed E-state index contributed by atoms with van der Waals surface area (Å²) in [5.74, 6) is -0.290. The number of carbonyl (C=O) groups is 2. The van der Waals surface area contributed by atoms with Crippen LogP contribution in [0.5, 0.6) is 5.75 Å². The van der Waals surface area contributed by atoms with Crippen molar-refractivity contribution in [1.82, 2.24) is 19.6 Å². The molecule has 1 N–H and O–H groups in total. The lowest BCUT2D eigenvalue weighted by molar-refractivity contribution is 0.0689. The first-order valence-corrected chi connectivity index (χ1v) is 10.4. The number of ether oxygens (including phenoxy) is 1. The summed E-state index contributed by atoms with van der Waals surface area (Å²) in [6.07, 6.45) is 4.36. The fourth-order valence-electron chi connectivity index (χ4n) is 4.54. The molecule has 30 heavy (non-hydrogen) atoms. The van der Waals surface area contributed by atoms with E-state index in [4.69, 9.17) is 21.4 Å². The highest BCUT2D eigenvalue weighted by atomic mass is 35.5. The van der Waals surface area contributed by atoms with Crippen molar-refractivity contribution in [3.8, 4) is 5.75 Å². The first-order chi connectivity index (χ1) is 14.4. The molecule has 1 aromatic heterocycles. The number of rotatable bonds is 4. The van der Waals surface area contributed by atoms with Crippen molar-refractivity contribution in [3.63, 3.8) is 0 Å². The number of carboxylic acid groups (broad SMARTS) is 1. The van der Waals surface area contributed by atoms with Crippen molar-refractivity contribution >= 4 is 23.6 Å². The molecule has 1 aromatic carbocycles. The van der Waals surface area contributed by atoms with Crippen molar-refractivity contribution < 1.29 is 19.4 Å². The molecule has 1 amide bonds. The van der Waals surface area contributed by atoms with Crippen LogP contribution in [0.4, 0.5) is 4.79 Å². The molecular weight excluding hydrogens is 408 g/mol. The van der Waals surface area contributed by atoms with Crippen LogP contribution in [0.15, 0.2) is 30.5 Å². The Labute approximate surface area is 180 Å². The number of halogens is 1. The van der Waals surface area contributed by atoms with Crippen molar-refractivity contribution in [2.24, 2.45) is 5.41 Å². The Kier molecular flexibility index (Phi) is 5.71. The molecule has 160 valence electrons. The number of amides is 1. The Morgan fingerprint density at radius 2 is 1.93 bits per heavy atom. The highest BCUT2D eigenvalue weighted by Crippen LogP contribution is 2.41. The third-order valence-corrected chi connectivity index (χ3v) is 6.49. The third-order valence-electron chi connectivity index (χ3n) is 6.25. The van der Waals surface area contributed by atoms with Crippen LogP contribution in [0.3, 0.4) is 0 Å². The van der Waals surface area contributed by atoms with Crippen molar-refractivity contribution in [3.05, 3.63) is 46.7 Å². The van der Waals surface area contributed by atoms with Gasteiger partial charge in [0.15, 0.2) is 5.69 Å². The molecule has 4 rings (SSSR count). The van der Waals surface area contributed by atoms with Gasteiger partial charge < -0.3 is 14.7 Å². The van der Waals surface area contributed by atoms with Gasteiger partial charge in [0.25, 0.3) is 0 Å². The molecule has 2 aromatic rings. The molecule has 0 unspecified atom stereocenters. The van der Waals surface area contributed by atoms with Gasteiger partial charge in [-0.25, -0.2) is 9.59 Å². The van der Waals surface area contributed by atoms with Gasteiger partial charge in [-0.1, -0.05) is 11.6 Å². The molecule has 3 heterocycles. The Bertz CT molecular complexity index is 952. The van der Waals surface area contributed by atoms with Crippen LogP contribution in [0.25, 0.3) is 0 Å². The minimum atomic E-state index is -1.14. The second-order valence-corrected chi connectivity index (χ2v) is 8.57. The predicted octanol–water partition coefficient (Wildman–Crippen LogP) is 3.20. The Morgan fingerprint density at radius 3 is 2.60 bits per heavy atom. The average molecular weight is 433 g/mol. The Balaban J connectivity index is 1.35. The average Bonchev–Trinajstić information content (AvgIpc) is 3.37. The number of piperidine rings is 1. The number of carboxylic acids is 1. The lowest BCUT2D eigenvalue weighted by atomic mass is 9.78. The van der Waals surface area contributed by atoms with E-state index < -0.39 is 5.97 Å². The highest BCUT2D eigenvalue weighted by Gasteiger charge is 2.41. The summed E-state index contributed by atoms with van der Waals surface area (Å²) in [6, 6.07) is 6.77. The number of carbonyl (C=O) groups excluding carboxylic acids is 1. The molecule has 1 spiro atoms. The molecule has 9 heteroatoms. The summed E-state index contributed by atoms with van der Waals surface area (Å²) in [6.45, 7) is 4.07. The van der Waals surface area contributed by atoms with Crippen molar-refractivity contribution in [2.75, 3.05) is 33.3 Å². The van der Waals surface area contributed by atoms with Crippen LogP contribution in [-0.4, -0.2) is 70.0 Å². The minimum absolute atomic E-state index is 0.125. The first kappa shape index (κ1) is 20.7. The van der Waals surface area contributed by atoms with Gasteiger partial charge in [-0.05, 0) is 55.5 Å². The fraction of sp³-hybridized carbons (Fsp3) is 0.476. The van der Waals surface area contributed by atoms with E-state index in [0.717, 1.165) is 54.9 Å². The lowest BCUT2D eigenvalue weighted by Crippen LogP contribution is -2.45. The smallest absolute Gasteiger partial charge is 0.356 e. The van der Waals surface area contributed by atoms with Gasteiger partial charge >= 0.3 is 12.0 Å². The molecule has 2 saturated heterocycles. The van der Waals surface area contributed by atoms with Crippen LogP contribution < -0.4 is 4.74 Å². The number of aromatic carboxylic acids is 1. The maximum absolute atomic E-state index is 12.6. The van der Waals surface area contributed by atoms with E-state index in [-0.39, 0.29) is 17.1 Å². The van der Waals surface area contributed by atoms with Crippen LogP contribution >= 0.6 is 11.6 Å². The van der Waals surface area contributed by atoms with E-state index >= 15 is 0 Å². The summed E-state index contributed by atoms with van der Waals surface area (Å²) in [5.41, 5.74) is 1.17. The maximum Gasteiger partial charge on any atom is 0.356 e. The zero-order valence-corrected chi connectivity index (χ0v) is 17.6. The number of hydrogen-bond acceptors (Lipinski definition) is 5. The zero-order valence-electron chi connectivity index (χ0n) is 16.9. The van der Waals surface area contributed by atoms with Crippen LogP contribution in [0, 0.1) is 5.41 Å². The van der Waals surface area contributed by atoms with Gasteiger partial charge in [0.2, 0.25) is 0 Å². The van der Waals surface area contributed by atoms with E-state index in [1.54, 1.807) is 12.0 Å². The zero-order chi connectivity index (χ0) is 21.3. The standard InChI is InChI=1S/C21H25ClN4O4/c1-30-18-3-2-16(22)12-15(18)13-24-9-5-21(14-24)6-10-25(11-7-21)20(29)26-8-4-17(23-26)19(27)28/h2-4,8,12H,5-7,9-11,13-14H2,1H3,(H,27,28). The van der Waals surface area contributed by atoms with Gasteiger partial charge in [-0.15, -0.1) is 0 Å². The second-order valence-electron chi connectivity index (χ2n) is 8.14. The van der Waals surface area contributed by atoms with Gasteiger partial charge in [-0.3, -0.25) is 4.90 Å². The van der Waals surface area contributed by atoms with E-state index in [2.05, 4.69) is 10.00 Å². The summed E-state index contributed by atoms with van der Waals surface area (Å²) in [7, 11) is 1.67. The SMILES string of the molecule is COc1ccc(Cl)cc1CN1CCC2(CCN(C(=O)n3ccc(C(=O)O)n3)CC2)C1. The molecule has 2 aliphatic heterocycles. The second kappa shape index (κ2) is 8.28. The van der Waals surface area contributed by atoms with E-state index in [1.807, 2.05) is 18.2 Å². The molecule has 0 bridgehead atoms. The predicted molar refractivity (Wildman–Crippen MR) is 111 cm³/mol. The molecule has 0 radical (unpaired) electrons. The van der Waals surface area contributed by atoms with Gasteiger partial charge in [0.1, 0.15) is 5.75 Å². The fourth-order valence-corrected chi connectivity index (χ4v) is 4.74. The van der Waals surface area contributed by atoms with Gasteiger partial charge in [0, 0.05) is 43.0 Å². The van der Waals surface area contributed by atoms with Gasteiger partial charge in [-0.2, -0.15) is 9.78 Å². The quantitative estimate of drug-likeness (QED) is 0.798. The van der Waals surface area contributed by atoms with Crippen LogP contribution in [0.2, 0.25) is 5.02 Å². The number of methoxy groups -OCH3 is 1. The number of hydrogen-bond donors (Lipinski definition) is 1. The molecule has 2 aliphatic rings. The molecule has 0 atom stereocenters. The van der Waals surface area contributed by atoms with Crippen molar-refractivity contribution in [2.45, 2.75) is 25.8 Å². The summed E-state index contributed by atoms with van der Waals surface area (Å²) in [5, 5.41) is 13.5. The molecule has 2 fully saturated rings. The molecule has 0 aliphatic carbocycles. The van der Waals surface area contributed by atoms with Crippen LogP contribution in [0.1, 0.15) is 35.3 Å². The number of benzene rings is 1. The first-order valence-electron chi connectivity index (χ1n) is 10.0. The summed E-state index contributed by atoms with van der Waals surface area (Å²) < 4.78 is 6.59. The minimum Gasteiger partial charge on any atom is -0.496 e. The Hall–Kier alpha value is -2.58. The number of aromatic nitrogens is 2. The number of likely N-dealkylation sites (tertiary alicyclic amines) is 2. The van der Waals surface area contributed by atoms with E-state index in [0.29, 0.717) is 18.1 Å². The van der Waals surface area contributed by atoms with E-state index in [9.17, 15) is 9.59 Å². The third kappa shape index (κ3) is 4.15. The normalized spacial score (nSPS) is 18.7. The Morgan fingerprint density at radius 1 is 1.20 bits per heavy atom.